The topological polar surface area (TPSA) is 66.8 Å². The predicted octanol–water partition coefficient (Wildman–Crippen LogP) is 3.05. The number of nitrogens with zero attached hydrogens (tertiary/aromatic N) is 1. The number of hydrogen-bond acceptors (Lipinski definition) is 3. The van der Waals surface area contributed by atoms with Gasteiger partial charge in [0.05, 0.1) is 12.5 Å². The van der Waals surface area contributed by atoms with Crippen LogP contribution in [0, 0.1) is 11.8 Å². The number of piperidine rings is 1. The molecule has 1 aliphatic rings. The van der Waals surface area contributed by atoms with Gasteiger partial charge < -0.3 is 14.7 Å². The fraction of sp³-hybridized carbons (Fsp3) is 0.556. The average Bonchev–Trinajstić information content (AvgIpc) is 2.52. The zero-order chi connectivity index (χ0) is 17.0. The van der Waals surface area contributed by atoms with Gasteiger partial charge in [-0.15, -0.1) is 0 Å². The number of carboxylic acid groups (broad SMARTS) is 1. The fourth-order valence-electron chi connectivity index (χ4n) is 2.91. The molecular formula is C18H25NO4. The van der Waals surface area contributed by atoms with Gasteiger partial charge in [-0.25, -0.2) is 0 Å². The van der Waals surface area contributed by atoms with Crippen LogP contribution in [0.2, 0.25) is 0 Å². The Hall–Kier alpha value is -2.04. The van der Waals surface area contributed by atoms with E-state index in [0.717, 1.165) is 6.42 Å². The molecule has 5 nitrogen and oxygen atoms in total. The molecule has 1 aromatic rings. The molecule has 0 bridgehead atoms. The first-order valence-electron chi connectivity index (χ1n) is 8.16. The lowest BCUT2D eigenvalue weighted by atomic mass is 9.90. The number of likely N-dealkylation sites (tertiary alicyclic amines) is 1. The highest BCUT2D eigenvalue weighted by atomic mass is 16.5. The lowest BCUT2D eigenvalue weighted by Crippen LogP contribution is -2.49. The van der Waals surface area contributed by atoms with E-state index in [9.17, 15) is 14.7 Å². The highest BCUT2D eigenvalue weighted by molar-refractivity contribution is 5.95. The third-order valence-electron chi connectivity index (χ3n) is 4.23. The second kappa shape index (κ2) is 7.49. The van der Waals surface area contributed by atoms with Crippen molar-refractivity contribution in [3.05, 3.63) is 29.8 Å². The Balaban J connectivity index is 2.13. The summed E-state index contributed by atoms with van der Waals surface area (Å²) in [5.41, 5.74) is 0.546. The van der Waals surface area contributed by atoms with Crippen LogP contribution in [-0.2, 0) is 4.79 Å². The Labute approximate surface area is 137 Å². The van der Waals surface area contributed by atoms with E-state index in [1.807, 2.05) is 13.0 Å². The number of carbonyl (C=O) groups is 2. The molecule has 0 spiro atoms. The van der Waals surface area contributed by atoms with Gasteiger partial charge in [0, 0.05) is 18.2 Å². The monoisotopic (exact) mass is 319 g/mol. The third-order valence-corrected chi connectivity index (χ3v) is 4.23. The Morgan fingerprint density at radius 3 is 2.78 bits per heavy atom. The Bertz CT molecular complexity index is 570. The second-order valence-electron chi connectivity index (χ2n) is 6.56. The number of benzene rings is 1. The molecule has 0 aromatic heterocycles. The van der Waals surface area contributed by atoms with Crippen molar-refractivity contribution in [1.29, 1.82) is 0 Å². The van der Waals surface area contributed by atoms with E-state index in [1.165, 1.54) is 0 Å². The molecule has 0 radical (unpaired) electrons. The smallest absolute Gasteiger partial charge is 0.308 e. The van der Waals surface area contributed by atoms with Crippen LogP contribution in [0.1, 0.15) is 44.0 Å². The first kappa shape index (κ1) is 17.3. The van der Waals surface area contributed by atoms with Crippen LogP contribution in [0.15, 0.2) is 24.3 Å². The molecule has 1 aromatic carbocycles. The van der Waals surface area contributed by atoms with Crippen LogP contribution in [-0.4, -0.2) is 41.1 Å². The number of rotatable bonds is 5. The lowest BCUT2D eigenvalue weighted by Gasteiger charge is -2.37. The first-order valence-corrected chi connectivity index (χ1v) is 8.16. The minimum absolute atomic E-state index is 0.126. The zero-order valence-electron chi connectivity index (χ0n) is 14.0. The van der Waals surface area contributed by atoms with Gasteiger partial charge in [0.2, 0.25) is 0 Å². The summed E-state index contributed by atoms with van der Waals surface area (Å²) in [6.45, 7) is 7.14. The van der Waals surface area contributed by atoms with Gasteiger partial charge >= 0.3 is 5.97 Å². The van der Waals surface area contributed by atoms with Crippen molar-refractivity contribution in [2.24, 2.45) is 11.8 Å². The maximum absolute atomic E-state index is 12.7. The van der Waals surface area contributed by atoms with Crippen molar-refractivity contribution >= 4 is 11.9 Å². The molecule has 1 fully saturated rings. The normalized spacial score (nSPS) is 21.3. The number of hydrogen-bond donors (Lipinski definition) is 1. The van der Waals surface area contributed by atoms with Gasteiger partial charge in [0.1, 0.15) is 5.75 Å². The van der Waals surface area contributed by atoms with Crippen LogP contribution in [0.4, 0.5) is 0 Å². The molecule has 1 saturated heterocycles. The standard InChI is InChI=1S/C18H25NO4/c1-12(2)11-23-15-7-4-6-14(10-15)17(20)19-9-5-8-16(13(19)3)18(21)22/h4,6-7,10,12-13,16H,5,8-9,11H2,1-3H3,(H,21,22)/t13-,16-/m0/s1. The summed E-state index contributed by atoms with van der Waals surface area (Å²) in [6, 6.07) is 6.82. The lowest BCUT2D eigenvalue weighted by molar-refractivity contribution is -0.144. The van der Waals surface area contributed by atoms with Gasteiger partial charge in [0.25, 0.3) is 5.91 Å². The van der Waals surface area contributed by atoms with Crippen molar-refractivity contribution in [1.82, 2.24) is 4.90 Å². The van der Waals surface area contributed by atoms with Crippen LogP contribution in [0.25, 0.3) is 0 Å². The molecule has 2 rings (SSSR count). The Morgan fingerprint density at radius 2 is 2.13 bits per heavy atom. The Kier molecular flexibility index (Phi) is 5.64. The number of carboxylic acids is 1. The van der Waals surface area contributed by atoms with E-state index < -0.39 is 11.9 Å². The molecule has 126 valence electrons. The van der Waals surface area contributed by atoms with Gasteiger partial charge in [-0.1, -0.05) is 19.9 Å². The molecular weight excluding hydrogens is 294 g/mol. The molecule has 1 heterocycles. The number of ether oxygens (including phenoxy) is 1. The van der Waals surface area contributed by atoms with Crippen LogP contribution >= 0.6 is 0 Å². The minimum Gasteiger partial charge on any atom is -0.493 e. The van der Waals surface area contributed by atoms with Gasteiger partial charge in [-0.2, -0.15) is 0 Å². The fourth-order valence-corrected chi connectivity index (χ4v) is 2.91. The van der Waals surface area contributed by atoms with Gasteiger partial charge in [-0.05, 0) is 43.9 Å². The summed E-state index contributed by atoms with van der Waals surface area (Å²) >= 11 is 0. The Morgan fingerprint density at radius 1 is 1.39 bits per heavy atom. The summed E-state index contributed by atoms with van der Waals surface area (Å²) in [5, 5.41) is 9.29. The van der Waals surface area contributed by atoms with E-state index in [-0.39, 0.29) is 11.9 Å². The van der Waals surface area contributed by atoms with Gasteiger partial charge in [0.15, 0.2) is 0 Å². The van der Waals surface area contributed by atoms with E-state index in [1.54, 1.807) is 23.1 Å². The predicted molar refractivity (Wildman–Crippen MR) is 87.6 cm³/mol. The first-order chi connectivity index (χ1) is 10.9. The molecule has 5 heteroatoms. The largest absolute Gasteiger partial charge is 0.493 e. The zero-order valence-corrected chi connectivity index (χ0v) is 14.0. The molecule has 1 aliphatic heterocycles. The van der Waals surface area contributed by atoms with Crippen LogP contribution in [0.5, 0.6) is 5.75 Å². The van der Waals surface area contributed by atoms with Crippen LogP contribution < -0.4 is 4.74 Å². The summed E-state index contributed by atoms with van der Waals surface area (Å²) in [7, 11) is 0. The molecule has 23 heavy (non-hydrogen) atoms. The second-order valence-corrected chi connectivity index (χ2v) is 6.56. The third kappa shape index (κ3) is 4.24. The summed E-state index contributed by atoms with van der Waals surface area (Å²) < 4.78 is 5.67. The highest BCUT2D eigenvalue weighted by Gasteiger charge is 2.35. The number of aliphatic carboxylic acids is 1. The quantitative estimate of drug-likeness (QED) is 0.906. The highest BCUT2D eigenvalue weighted by Crippen LogP contribution is 2.26. The van der Waals surface area contributed by atoms with E-state index >= 15 is 0 Å². The SMILES string of the molecule is CC(C)COc1cccc(C(=O)N2CCC[C@H](C(=O)O)[C@@H]2C)c1. The van der Waals surface area contributed by atoms with E-state index in [4.69, 9.17) is 4.74 Å². The summed E-state index contributed by atoms with van der Waals surface area (Å²) in [4.78, 5) is 25.7. The van der Waals surface area contributed by atoms with Crippen molar-refractivity contribution in [3.63, 3.8) is 0 Å². The summed E-state index contributed by atoms with van der Waals surface area (Å²) in [5.74, 6) is -0.368. The van der Waals surface area contributed by atoms with E-state index in [0.29, 0.717) is 36.8 Å². The van der Waals surface area contributed by atoms with Crippen molar-refractivity contribution in [2.75, 3.05) is 13.2 Å². The molecule has 2 atom stereocenters. The van der Waals surface area contributed by atoms with Crippen molar-refractivity contribution in [2.45, 2.75) is 39.7 Å². The maximum atomic E-state index is 12.7. The molecule has 1 N–H and O–H groups in total. The molecule has 0 saturated carbocycles. The van der Waals surface area contributed by atoms with E-state index in [2.05, 4.69) is 13.8 Å². The molecule has 0 aliphatic carbocycles. The van der Waals surface area contributed by atoms with Crippen molar-refractivity contribution < 1.29 is 19.4 Å². The van der Waals surface area contributed by atoms with Crippen molar-refractivity contribution in [3.8, 4) is 5.75 Å². The minimum atomic E-state index is -0.830. The summed E-state index contributed by atoms with van der Waals surface area (Å²) in [6.07, 6.45) is 1.34. The average molecular weight is 319 g/mol. The van der Waals surface area contributed by atoms with Crippen LogP contribution in [0.3, 0.4) is 0 Å². The number of amides is 1. The molecule has 1 amide bonds. The maximum Gasteiger partial charge on any atom is 0.308 e. The van der Waals surface area contributed by atoms with Gasteiger partial charge in [-0.3, -0.25) is 9.59 Å². The molecule has 0 unspecified atom stereocenters. The number of carbonyl (C=O) groups excluding carboxylic acids is 1.